The molecular weight excluding hydrogens is 433 g/mol. The topological polar surface area (TPSA) is 61.4 Å². The van der Waals surface area contributed by atoms with E-state index in [9.17, 15) is 9.59 Å². The van der Waals surface area contributed by atoms with Crippen LogP contribution in [0.3, 0.4) is 0 Å². The molecule has 0 radical (unpaired) electrons. The molecule has 1 aliphatic rings. The van der Waals surface area contributed by atoms with Crippen LogP contribution < -0.4 is 15.5 Å². The van der Waals surface area contributed by atoms with Crippen molar-refractivity contribution in [2.24, 2.45) is 0 Å². The summed E-state index contributed by atoms with van der Waals surface area (Å²) in [6, 6.07) is 21.7. The molecule has 3 aromatic carbocycles. The summed E-state index contributed by atoms with van der Waals surface area (Å²) in [5, 5.41) is 7.26. The summed E-state index contributed by atoms with van der Waals surface area (Å²) in [5.74, 6) is -0.369. The molecule has 7 heteroatoms. The van der Waals surface area contributed by atoms with Gasteiger partial charge in [-0.3, -0.25) is 9.59 Å². The van der Waals surface area contributed by atoms with Crippen LogP contribution >= 0.6 is 23.2 Å². The molecule has 1 atom stereocenters. The van der Waals surface area contributed by atoms with Crippen molar-refractivity contribution < 1.29 is 9.59 Å². The summed E-state index contributed by atoms with van der Waals surface area (Å²) in [6.45, 7) is 0.784. The van der Waals surface area contributed by atoms with Crippen molar-refractivity contribution in [3.63, 3.8) is 0 Å². The second-order valence-electron chi connectivity index (χ2n) is 7.38. The van der Waals surface area contributed by atoms with E-state index in [1.54, 1.807) is 29.2 Å². The van der Waals surface area contributed by atoms with E-state index in [2.05, 4.69) is 10.6 Å². The fraction of sp³-hybridized carbons (Fsp3) is 0.167. The van der Waals surface area contributed by atoms with Gasteiger partial charge < -0.3 is 15.5 Å². The zero-order valence-corrected chi connectivity index (χ0v) is 18.2. The van der Waals surface area contributed by atoms with Crippen molar-refractivity contribution in [1.82, 2.24) is 5.32 Å². The van der Waals surface area contributed by atoms with E-state index >= 15 is 0 Å². The van der Waals surface area contributed by atoms with Crippen LogP contribution in [0.15, 0.2) is 72.8 Å². The van der Waals surface area contributed by atoms with Crippen LogP contribution in [0.2, 0.25) is 10.0 Å². The first-order valence-corrected chi connectivity index (χ1v) is 10.7. The number of carbonyl (C=O) groups is 2. The lowest BCUT2D eigenvalue weighted by atomic mass is 10.0. The molecule has 4 rings (SSSR count). The van der Waals surface area contributed by atoms with Crippen LogP contribution in [0, 0.1) is 0 Å². The van der Waals surface area contributed by atoms with Crippen LogP contribution in [0.1, 0.15) is 17.5 Å². The zero-order chi connectivity index (χ0) is 21.8. The Labute approximate surface area is 191 Å². The van der Waals surface area contributed by atoms with Crippen LogP contribution in [0.5, 0.6) is 0 Å². The average molecular weight is 454 g/mol. The number of benzene rings is 3. The molecule has 2 N–H and O–H groups in total. The molecule has 0 fully saturated rings. The summed E-state index contributed by atoms with van der Waals surface area (Å²) in [4.78, 5) is 27.5. The summed E-state index contributed by atoms with van der Waals surface area (Å²) < 4.78 is 0. The molecule has 3 aromatic rings. The van der Waals surface area contributed by atoms with Crippen LogP contribution in [0.4, 0.5) is 11.4 Å². The van der Waals surface area contributed by atoms with Gasteiger partial charge in [-0.25, -0.2) is 0 Å². The van der Waals surface area contributed by atoms with Crippen molar-refractivity contribution in [2.45, 2.75) is 25.6 Å². The highest BCUT2D eigenvalue weighted by atomic mass is 35.5. The maximum atomic E-state index is 13.3. The first kappa shape index (κ1) is 21.2. The van der Waals surface area contributed by atoms with Gasteiger partial charge in [0.1, 0.15) is 6.04 Å². The number of nitrogens with one attached hydrogen (secondary N) is 2. The van der Waals surface area contributed by atoms with Gasteiger partial charge in [-0.15, -0.1) is 0 Å². The fourth-order valence-electron chi connectivity index (χ4n) is 3.54. The normalized spacial score (nSPS) is 15.2. The number of nitrogens with zero attached hydrogens (tertiary/aromatic N) is 1. The molecular formula is C24H21Cl2N3O2. The van der Waals surface area contributed by atoms with E-state index in [4.69, 9.17) is 23.2 Å². The lowest BCUT2D eigenvalue weighted by molar-refractivity contribution is -0.126. The van der Waals surface area contributed by atoms with Crippen molar-refractivity contribution in [3.05, 3.63) is 94.0 Å². The van der Waals surface area contributed by atoms with Crippen molar-refractivity contribution in [2.75, 3.05) is 10.2 Å². The lowest BCUT2D eigenvalue weighted by Crippen LogP contribution is -2.48. The Morgan fingerprint density at radius 1 is 0.935 bits per heavy atom. The van der Waals surface area contributed by atoms with Gasteiger partial charge in [-0.05, 0) is 41.5 Å². The van der Waals surface area contributed by atoms with Gasteiger partial charge in [0.25, 0.3) is 0 Å². The Balaban J connectivity index is 1.49. The molecule has 0 saturated heterocycles. The molecule has 0 spiro atoms. The Hall–Kier alpha value is -3.02. The third-order valence-corrected chi connectivity index (χ3v) is 5.61. The summed E-state index contributed by atoms with van der Waals surface area (Å²) in [5.41, 5.74) is 3.42. The van der Waals surface area contributed by atoms with Crippen molar-refractivity contribution in [3.8, 4) is 0 Å². The molecule has 1 unspecified atom stereocenters. The lowest BCUT2D eigenvalue weighted by Gasteiger charge is -2.35. The Morgan fingerprint density at radius 3 is 2.39 bits per heavy atom. The number of amides is 2. The minimum Gasteiger partial charge on any atom is -0.372 e. The SMILES string of the molecule is O=C(CC1Nc2cc(Cl)ccc2N(Cc2ccccc2)C1=O)NCc1ccc(Cl)cc1. The number of halogens is 2. The second kappa shape index (κ2) is 9.41. The average Bonchev–Trinajstić information content (AvgIpc) is 2.77. The van der Waals surface area contributed by atoms with Crippen molar-refractivity contribution >= 4 is 46.4 Å². The molecule has 1 heterocycles. The first-order valence-electron chi connectivity index (χ1n) is 9.92. The quantitative estimate of drug-likeness (QED) is 0.550. The smallest absolute Gasteiger partial charge is 0.250 e. The third kappa shape index (κ3) is 5.19. The van der Waals surface area contributed by atoms with Gasteiger partial charge in [0, 0.05) is 16.6 Å². The number of carbonyl (C=O) groups excluding carboxylic acids is 2. The van der Waals surface area contributed by atoms with Gasteiger partial charge in [0.05, 0.1) is 24.3 Å². The van der Waals surface area contributed by atoms with Crippen LogP contribution in [-0.2, 0) is 22.7 Å². The number of hydrogen-bond acceptors (Lipinski definition) is 3. The predicted molar refractivity (Wildman–Crippen MR) is 124 cm³/mol. The molecule has 2 amide bonds. The zero-order valence-electron chi connectivity index (χ0n) is 16.6. The van der Waals surface area contributed by atoms with Crippen LogP contribution in [-0.4, -0.2) is 17.9 Å². The van der Waals surface area contributed by atoms with Crippen molar-refractivity contribution in [1.29, 1.82) is 0 Å². The molecule has 1 aliphatic heterocycles. The van der Waals surface area contributed by atoms with Gasteiger partial charge in [0.15, 0.2) is 0 Å². The highest BCUT2D eigenvalue weighted by Gasteiger charge is 2.34. The number of anilines is 2. The van der Waals surface area contributed by atoms with Gasteiger partial charge in [-0.2, -0.15) is 0 Å². The van der Waals surface area contributed by atoms with E-state index in [-0.39, 0.29) is 18.2 Å². The second-order valence-corrected chi connectivity index (χ2v) is 8.25. The Kier molecular flexibility index (Phi) is 6.44. The largest absolute Gasteiger partial charge is 0.372 e. The van der Waals surface area contributed by atoms with E-state index < -0.39 is 6.04 Å². The highest BCUT2D eigenvalue weighted by Crippen LogP contribution is 2.35. The number of rotatable bonds is 6. The molecule has 158 valence electrons. The molecule has 0 saturated carbocycles. The summed E-state index contributed by atoms with van der Waals surface area (Å²) >= 11 is 12.1. The van der Waals surface area contributed by atoms with Gasteiger partial charge in [0.2, 0.25) is 11.8 Å². The molecule has 5 nitrogen and oxygen atoms in total. The number of fused-ring (bicyclic) bond motifs is 1. The van der Waals surface area contributed by atoms with Crippen LogP contribution in [0.25, 0.3) is 0 Å². The maximum Gasteiger partial charge on any atom is 0.250 e. The minimum absolute atomic E-state index is 0.0175. The summed E-state index contributed by atoms with van der Waals surface area (Å²) in [6.07, 6.45) is 0.0175. The van der Waals surface area contributed by atoms with E-state index in [0.29, 0.717) is 23.1 Å². The van der Waals surface area contributed by atoms with E-state index in [1.165, 1.54) is 0 Å². The maximum absolute atomic E-state index is 13.3. The number of hydrogen-bond donors (Lipinski definition) is 2. The third-order valence-electron chi connectivity index (χ3n) is 5.12. The first-order chi connectivity index (χ1) is 15.0. The molecule has 0 aromatic heterocycles. The van der Waals surface area contributed by atoms with E-state index in [1.807, 2.05) is 48.5 Å². The Morgan fingerprint density at radius 2 is 1.65 bits per heavy atom. The monoisotopic (exact) mass is 453 g/mol. The molecule has 31 heavy (non-hydrogen) atoms. The minimum atomic E-state index is -0.681. The van der Waals surface area contributed by atoms with E-state index in [0.717, 1.165) is 22.5 Å². The summed E-state index contributed by atoms with van der Waals surface area (Å²) in [7, 11) is 0. The van der Waals surface area contributed by atoms with Gasteiger partial charge in [-0.1, -0.05) is 65.7 Å². The predicted octanol–water partition coefficient (Wildman–Crippen LogP) is 5.03. The molecule has 0 bridgehead atoms. The molecule has 0 aliphatic carbocycles. The standard InChI is InChI=1S/C24H21Cl2N3O2/c25-18-8-6-16(7-9-18)14-27-23(30)13-21-24(31)29(15-17-4-2-1-3-5-17)22-11-10-19(26)12-20(22)28-21/h1-12,21,28H,13-15H2,(H,27,30). The van der Waals surface area contributed by atoms with Gasteiger partial charge >= 0.3 is 0 Å². The fourth-order valence-corrected chi connectivity index (χ4v) is 3.84. The highest BCUT2D eigenvalue weighted by molar-refractivity contribution is 6.31. The Bertz CT molecular complexity index is 1090.